The topological polar surface area (TPSA) is 74.6 Å². The summed E-state index contributed by atoms with van der Waals surface area (Å²) in [6.45, 7) is 1.41. The van der Waals surface area contributed by atoms with Gasteiger partial charge in [-0.3, -0.25) is 4.79 Å². The second-order valence-corrected chi connectivity index (χ2v) is 8.06. The number of halogens is 2. The Labute approximate surface area is 180 Å². The van der Waals surface area contributed by atoms with Crippen molar-refractivity contribution in [1.82, 2.24) is 0 Å². The fourth-order valence-corrected chi connectivity index (χ4v) is 4.64. The van der Waals surface area contributed by atoms with Crippen LogP contribution in [0.25, 0.3) is 21.9 Å². The molecule has 0 radical (unpaired) electrons. The zero-order valence-electron chi connectivity index (χ0n) is 16.3. The number of benzene rings is 3. The number of carboxylic acid groups (broad SMARTS) is 1. The van der Waals surface area contributed by atoms with E-state index in [9.17, 15) is 28.6 Å². The van der Waals surface area contributed by atoms with Gasteiger partial charge < -0.3 is 10.2 Å². The largest absolute Gasteiger partial charge is 0.507 e. The molecule has 0 fully saturated rings. The van der Waals surface area contributed by atoms with Gasteiger partial charge in [0.1, 0.15) is 5.75 Å². The molecule has 4 nitrogen and oxygen atoms in total. The third kappa shape index (κ3) is 3.57. The van der Waals surface area contributed by atoms with Crippen LogP contribution in [-0.4, -0.2) is 22.0 Å². The van der Waals surface area contributed by atoms with Gasteiger partial charge >= 0.3 is 5.97 Å². The van der Waals surface area contributed by atoms with Crippen LogP contribution < -0.4 is 0 Å². The van der Waals surface area contributed by atoms with Crippen molar-refractivity contribution in [3.8, 4) is 16.9 Å². The van der Waals surface area contributed by atoms with Gasteiger partial charge in [-0.1, -0.05) is 42.5 Å². The first-order valence-electron chi connectivity index (χ1n) is 9.32. The average molecular weight is 438 g/mol. The number of rotatable bonds is 5. The van der Waals surface area contributed by atoms with Crippen LogP contribution in [0.4, 0.5) is 8.78 Å². The summed E-state index contributed by atoms with van der Waals surface area (Å²) in [5, 5.41) is 22.4. The van der Waals surface area contributed by atoms with Crippen LogP contribution in [0.1, 0.15) is 31.2 Å². The van der Waals surface area contributed by atoms with Crippen LogP contribution in [0.3, 0.4) is 0 Å². The molecule has 2 N–H and O–H groups in total. The summed E-state index contributed by atoms with van der Waals surface area (Å²) >= 11 is 0.997. The molecule has 156 valence electrons. The Morgan fingerprint density at radius 3 is 2.39 bits per heavy atom. The Morgan fingerprint density at radius 2 is 1.68 bits per heavy atom. The SMILES string of the molecule is Cc1ccc(-c2csc(CC(=O)c3cccc4cccc(O)c34)c2C(=O)O)c(F)c1F. The number of thiophene rings is 1. The molecule has 0 aliphatic carbocycles. The van der Waals surface area contributed by atoms with Crippen molar-refractivity contribution < 1.29 is 28.6 Å². The number of carbonyl (C=O) groups is 2. The lowest BCUT2D eigenvalue weighted by Gasteiger charge is -2.09. The smallest absolute Gasteiger partial charge is 0.337 e. The predicted octanol–water partition coefficient (Wildman–Crippen LogP) is 5.98. The number of hydrogen-bond donors (Lipinski definition) is 2. The molecule has 0 bridgehead atoms. The molecule has 3 aromatic carbocycles. The fraction of sp³-hybridized carbons (Fsp3) is 0.0833. The first-order chi connectivity index (χ1) is 14.8. The predicted molar refractivity (Wildman–Crippen MR) is 115 cm³/mol. The van der Waals surface area contributed by atoms with E-state index in [2.05, 4.69) is 0 Å². The maximum absolute atomic E-state index is 14.5. The van der Waals surface area contributed by atoms with E-state index in [0.717, 1.165) is 11.3 Å². The van der Waals surface area contributed by atoms with Gasteiger partial charge in [0.15, 0.2) is 17.4 Å². The normalized spacial score (nSPS) is 11.1. The van der Waals surface area contributed by atoms with Crippen LogP contribution in [0.15, 0.2) is 53.9 Å². The minimum Gasteiger partial charge on any atom is -0.507 e. The van der Waals surface area contributed by atoms with E-state index in [4.69, 9.17) is 0 Å². The molecule has 0 spiro atoms. The molecule has 4 aromatic rings. The van der Waals surface area contributed by atoms with Crippen LogP contribution in [-0.2, 0) is 6.42 Å². The number of aromatic hydroxyl groups is 1. The Balaban J connectivity index is 1.79. The number of fused-ring (bicyclic) bond motifs is 1. The van der Waals surface area contributed by atoms with Gasteiger partial charge in [-0.2, -0.15) is 0 Å². The minimum absolute atomic E-state index is 0.0254. The van der Waals surface area contributed by atoms with Crippen LogP contribution in [0.5, 0.6) is 5.75 Å². The van der Waals surface area contributed by atoms with E-state index in [1.54, 1.807) is 30.3 Å². The van der Waals surface area contributed by atoms with Crippen LogP contribution in [0, 0.1) is 18.6 Å². The summed E-state index contributed by atoms with van der Waals surface area (Å²) in [6.07, 6.45) is -0.254. The maximum atomic E-state index is 14.5. The molecule has 31 heavy (non-hydrogen) atoms. The van der Waals surface area contributed by atoms with Gasteiger partial charge in [0.2, 0.25) is 0 Å². The van der Waals surface area contributed by atoms with Gasteiger partial charge in [-0.25, -0.2) is 13.6 Å². The zero-order chi connectivity index (χ0) is 22.3. The van der Waals surface area contributed by atoms with Crippen LogP contribution >= 0.6 is 11.3 Å². The number of phenols is 1. The van der Waals surface area contributed by atoms with E-state index in [1.165, 1.54) is 30.5 Å². The summed E-state index contributed by atoms with van der Waals surface area (Å²) in [6, 6.07) is 12.6. The fourth-order valence-electron chi connectivity index (χ4n) is 3.61. The number of carbonyl (C=O) groups excluding carboxylic acids is 1. The molecule has 0 atom stereocenters. The average Bonchev–Trinajstić information content (AvgIpc) is 3.15. The third-order valence-electron chi connectivity index (χ3n) is 5.15. The first kappa shape index (κ1) is 20.7. The number of Topliss-reactive ketones (excluding diaryl/α,β-unsaturated/α-hetero) is 1. The highest BCUT2D eigenvalue weighted by atomic mass is 32.1. The Hall–Kier alpha value is -3.58. The number of aryl methyl sites for hydroxylation is 1. The Kier molecular flexibility index (Phi) is 5.29. The molecule has 1 heterocycles. The van der Waals surface area contributed by atoms with Gasteiger partial charge in [0.05, 0.1) is 5.56 Å². The highest BCUT2D eigenvalue weighted by molar-refractivity contribution is 7.11. The highest BCUT2D eigenvalue weighted by Crippen LogP contribution is 2.36. The Morgan fingerprint density at radius 1 is 0.968 bits per heavy atom. The molecule has 4 rings (SSSR count). The molecule has 0 saturated carbocycles. The second-order valence-electron chi connectivity index (χ2n) is 7.09. The van der Waals surface area contributed by atoms with E-state index >= 15 is 0 Å². The van der Waals surface area contributed by atoms with E-state index in [1.807, 2.05) is 0 Å². The van der Waals surface area contributed by atoms with E-state index in [-0.39, 0.29) is 44.9 Å². The molecular formula is C24H16F2O4S. The number of carboxylic acids is 1. The summed E-state index contributed by atoms with van der Waals surface area (Å²) < 4.78 is 28.5. The van der Waals surface area contributed by atoms with Gasteiger partial charge in [0, 0.05) is 33.4 Å². The van der Waals surface area contributed by atoms with Crippen molar-refractivity contribution in [2.24, 2.45) is 0 Å². The van der Waals surface area contributed by atoms with Gasteiger partial charge in [-0.15, -0.1) is 11.3 Å². The lowest BCUT2D eigenvalue weighted by atomic mass is 9.96. The number of phenolic OH excluding ortho intramolecular Hbond substituents is 1. The first-order valence-corrected chi connectivity index (χ1v) is 10.2. The summed E-state index contributed by atoms with van der Waals surface area (Å²) in [7, 11) is 0. The van der Waals surface area contributed by atoms with Crippen molar-refractivity contribution >= 4 is 33.9 Å². The number of hydrogen-bond acceptors (Lipinski definition) is 4. The summed E-state index contributed by atoms with van der Waals surface area (Å²) in [5.41, 5.74) is -0.00495. The molecule has 1 aromatic heterocycles. The molecule has 0 aliphatic rings. The second kappa shape index (κ2) is 7.92. The van der Waals surface area contributed by atoms with Gasteiger partial charge in [-0.05, 0) is 29.3 Å². The number of aromatic carboxylic acids is 1. The Bertz CT molecular complexity index is 1350. The summed E-state index contributed by atoms with van der Waals surface area (Å²) in [4.78, 5) is 25.2. The molecule has 0 amide bonds. The molecule has 0 aliphatic heterocycles. The van der Waals surface area contributed by atoms with E-state index < -0.39 is 23.4 Å². The standard InChI is InChI=1S/C24H16F2O4S/c1-12-8-9-14(23(26)22(12)25)16-11-31-19(21(16)24(29)30)10-18(28)15-6-2-4-13-5-3-7-17(27)20(13)15/h2-9,11,27H,10H2,1H3,(H,29,30). The van der Waals surface area contributed by atoms with E-state index in [0.29, 0.717) is 10.8 Å². The van der Waals surface area contributed by atoms with Crippen molar-refractivity contribution in [2.45, 2.75) is 13.3 Å². The number of ketones is 1. The molecule has 0 saturated heterocycles. The quantitative estimate of drug-likeness (QED) is 0.376. The minimum atomic E-state index is -1.33. The molecule has 7 heteroatoms. The van der Waals surface area contributed by atoms with Crippen molar-refractivity contribution in [3.05, 3.63) is 87.1 Å². The monoisotopic (exact) mass is 438 g/mol. The molecular weight excluding hydrogens is 422 g/mol. The summed E-state index contributed by atoms with van der Waals surface area (Å²) in [5.74, 6) is -3.94. The van der Waals surface area contributed by atoms with Crippen molar-refractivity contribution in [2.75, 3.05) is 0 Å². The molecule has 0 unspecified atom stereocenters. The van der Waals surface area contributed by atoms with Crippen molar-refractivity contribution in [1.29, 1.82) is 0 Å². The lowest BCUT2D eigenvalue weighted by molar-refractivity contribution is 0.0697. The maximum Gasteiger partial charge on any atom is 0.337 e. The van der Waals surface area contributed by atoms with Crippen LogP contribution in [0.2, 0.25) is 0 Å². The lowest BCUT2D eigenvalue weighted by Crippen LogP contribution is -2.08. The highest BCUT2D eigenvalue weighted by Gasteiger charge is 2.25. The van der Waals surface area contributed by atoms with Gasteiger partial charge in [0.25, 0.3) is 0 Å². The zero-order valence-corrected chi connectivity index (χ0v) is 17.1. The van der Waals surface area contributed by atoms with Crippen molar-refractivity contribution in [3.63, 3.8) is 0 Å². The third-order valence-corrected chi connectivity index (χ3v) is 6.14.